The first-order chi connectivity index (χ1) is 8.33. The van der Waals surface area contributed by atoms with Crippen LogP contribution in [-0.4, -0.2) is 11.0 Å². The summed E-state index contributed by atoms with van der Waals surface area (Å²) in [6.07, 6.45) is 5.59. The topological polar surface area (TPSA) is 39.2 Å². The fourth-order valence-corrected chi connectivity index (χ4v) is 1.98. The maximum Gasteiger partial charge on any atom is 0.331 e. The molecular weight excluding hydrogens is 214 g/mol. The van der Waals surface area contributed by atoms with Crippen LogP contribution in [0.25, 0.3) is 10.9 Å². The lowest BCUT2D eigenvalue weighted by Gasteiger charge is -2.18. The highest BCUT2D eigenvalue weighted by molar-refractivity contribution is 5.83. The van der Waals surface area contributed by atoms with Crippen LogP contribution >= 0.6 is 0 Å². The van der Waals surface area contributed by atoms with Crippen molar-refractivity contribution in [2.75, 3.05) is 0 Å². The molecule has 3 nitrogen and oxygen atoms in total. The van der Waals surface area contributed by atoms with Crippen LogP contribution in [0.5, 0.6) is 0 Å². The molecule has 0 aliphatic carbocycles. The van der Waals surface area contributed by atoms with Crippen LogP contribution < -0.4 is 0 Å². The van der Waals surface area contributed by atoms with Crippen molar-refractivity contribution in [3.8, 4) is 0 Å². The molecule has 0 bridgehead atoms. The molecule has 0 saturated carbocycles. The van der Waals surface area contributed by atoms with E-state index in [0.717, 1.165) is 16.5 Å². The molecule has 1 aliphatic heterocycles. The van der Waals surface area contributed by atoms with Gasteiger partial charge in [0.2, 0.25) is 0 Å². The second-order valence-corrected chi connectivity index (χ2v) is 4.02. The summed E-state index contributed by atoms with van der Waals surface area (Å²) in [6.45, 7) is 0. The third-order valence-electron chi connectivity index (χ3n) is 2.85. The Morgan fingerprint density at radius 2 is 2.18 bits per heavy atom. The molecule has 1 aromatic heterocycles. The molecular formula is C14H11NO2. The summed E-state index contributed by atoms with van der Waals surface area (Å²) >= 11 is 0. The maximum atomic E-state index is 11.2. The summed E-state index contributed by atoms with van der Waals surface area (Å²) < 4.78 is 5.26. The predicted molar refractivity (Wildman–Crippen MR) is 64.3 cm³/mol. The van der Waals surface area contributed by atoms with Crippen molar-refractivity contribution in [2.24, 2.45) is 0 Å². The molecule has 1 aliphatic rings. The van der Waals surface area contributed by atoms with Gasteiger partial charge in [0.05, 0.1) is 5.52 Å². The minimum atomic E-state index is -0.283. The summed E-state index contributed by atoms with van der Waals surface area (Å²) in [6, 6.07) is 9.93. The molecule has 0 radical (unpaired) electrons. The normalized spacial score (nSPS) is 19.3. The van der Waals surface area contributed by atoms with Gasteiger partial charge in [0.15, 0.2) is 0 Å². The largest absolute Gasteiger partial charge is 0.454 e. The van der Waals surface area contributed by atoms with Crippen molar-refractivity contribution in [1.82, 2.24) is 4.98 Å². The van der Waals surface area contributed by atoms with Gasteiger partial charge in [0.25, 0.3) is 0 Å². The first-order valence-corrected chi connectivity index (χ1v) is 5.55. The van der Waals surface area contributed by atoms with Gasteiger partial charge in [-0.1, -0.05) is 24.3 Å². The summed E-state index contributed by atoms with van der Waals surface area (Å²) in [4.78, 5) is 15.5. The molecule has 0 fully saturated rings. The zero-order valence-corrected chi connectivity index (χ0v) is 9.17. The number of benzene rings is 1. The smallest absolute Gasteiger partial charge is 0.331 e. The SMILES string of the molecule is O=C1C=CC[C@@H](c2cnc3ccccc3c2)O1. The fraction of sp³-hybridized carbons (Fsp3) is 0.143. The number of hydrogen-bond acceptors (Lipinski definition) is 3. The van der Waals surface area contributed by atoms with Gasteiger partial charge < -0.3 is 4.74 Å². The Hall–Kier alpha value is -2.16. The predicted octanol–water partition coefficient (Wildman–Crippen LogP) is 2.78. The van der Waals surface area contributed by atoms with Gasteiger partial charge in [-0.05, 0) is 12.1 Å². The number of esters is 1. The van der Waals surface area contributed by atoms with E-state index in [9.17, 15) is 4.79 Å². The summed E-state index contributed by atoms with van der Waals surface area (Å²) in [5, 5.41) is 1.07. The van der Waals surface area contributed by atoms with Crippen LogP contribution in [-0.2, 0) is 9.53 Å². The number of hydrogen-bond donors (Lipinski definition) is 0. The zero-order valence-electron chi connectivity index (χ0n) is 9.17. The molecule has 2 aromatic rings. The number of cyclic esters (lactones) is 1. The van der Waals surface area contributed by atoms with Gasteiger partial charge in [-0.2, -0.15) is 0 Å². The molecule has 3 heteroatoms. The Morgan fingerprint density at radius 1 is 1.29 bits per heavy atom. The van der Waals surface area contributed by atoms with E-state index in [0.29, 0.717) is 6.42 Å². The monoisotopic (exact) mass is 225 g/mol. The lowest BCUT2D eigenvalue weighted by atomic mass is 10.0. The van der Waals surface area contributed by atoms with Crippen LogP contribution in [0.3, 0.4) is 0 Å². The number of fused-ring (bicyclic) bond motifs is 1. The molecule has 84 valence electrons. The number of carbonyl (C=O) groups excluding carboxylic acids is 1. The van der Waals surface area contributed by atoms with Gasteiger partial charge in [0.1, 0.15) is 6.10 Å². The molecule has 17 heavy (non-hydrogen) atoms. The van der Waals surface area contributed by atoms with Crippen LogP contribution in [0.1, 0.15) is 18.1 Å². The summed E-state index contributed by atoms with van der Waals surface area (Å²) in [5.74, 6) is -0.283. The van der Waals surface area contributed by atoms with Crippen LogP contribution in [0, 0.1) is 0 Å². The number of ether oxygens (including phenoxy) is 1. The highest BCUT2D eigenvalue weighted by Gasteiger charge is 2.18. The first-order valence-electron chi connectivity index (χ1n) is 5.55. The van der Waals surface area contributed by atoms with Crippen molar-refractivity contribution < 1.29 is 9.53 Å². The van der Waals surface area contributed by atoms with E-state index in [1.54, 1.807) is 6.20 Å². The third kappa shape index (κ3) is 1.91. The second-order valence-electron chi connectivity index (χ2n) is 4.02. The first kappa shape index (κ1) is 10.0. The number of aromatic nitrogens is 1. The minimum absolute atomic E-state index is 0.204. The Bertz CT molecular complexity index is 604. The summed E-state index contributed by atoms with van der Waals surface area (Å²) in [5.41, 5.74) is 1.90. The van der Waals surface area contributed by atoms with Crippen molar-refractivity contribution in [2.45, 2.75) is 12.5 Å². The third-order valence-corrected chi connectivity index (χ3v) is 2.85. The van der Waals surface area contributed by atoms with Gasteiger partial charge in [0, 0.05) is 29.6 Å². The van der Waals surface area contributed by atoms with Crippen LogP contribution in [0.15, 0.2) is 48.7 Å². The standard InChI is InChI=1S/C14H11NO2/c16-14-7-3-6-13(17-14)11-8-10-4-1-2-5-12(10)15-9-11/h1-5,7-9,13H,6H2/t13-/m0/s1. The fourth-order valence-electron chi connectivity index (χ4n) is 1.98. The highest BCUT2D eigenvalue weighted by atomic mass is 16.5. The quantitative estimate of drug-likeness (QED) is 0.700. The number of carbonyl (C=O) groups is 1. The number of nitrogens with zero attached hydrogens (tertiary/aromatic N) is 1. The second kappa shape index (κ2) is 4.01. The molecule has 0 saturated heterocycles. The molecule has 1 aromatic carbocycles. The Morgan fingerprint density at radius 3 is 3.06 bits per heavy atom. The maximum absolute atomic E-state index is 11.2. The van der Waals surface area contributed by atoms with E-state index < -0.39 is 0 Å². The van der Waals surface area contributed by atoms with E-state index >= 15 is 0 Å². The summed E-state index contributed by atoms with van der Waals surface area (Å²) in [7, 11) is 0. The molecule has 0 unspecified atom stereocenters. The van der Waals surface area contributed by atoms with Gasteiger partial charge >= 0.3 is 5.97 Å². The molecule has 2 heterocycles. The molecule has 0 spiro atoms. The Labute approximate surface area is 98.7 Å². The molecule has 1 atom stereocenters. The average molecular weight is 225 g/mol. The van der Waals surface area contributed by atoms with Crippen molar-refractivity contribution in [3.63, 3.8) is 0 Å². The van der Waals surface area contributed by atoms with E-state index in [-0.39, 0.29) is 12.1 Å². The van der Waals surface area contributed by atoms with Gasteiger partial charge in [-0.3, -0.25) is 4.98 Å². The number of pyridine rings is 1. The Balaban J connectivity index is 2.00. The number of rotatable bonds is 1. The van der Waals surface area contributed by atoms with E-state index in [1.165, 1.54) is 6.08 Å². The highest BCUT2D eigenvalue weighted by Crippen LogP contribution is 2.26. The van der Waals surface area contributed by atoms with Crippen LogP contribution in [0.2, 0.25) is 0 Å². The molecule has 0 amide bonds. The van der Waals surface area contributed by atoms with Crippen molar-refractivity contribution in [1.29, 1.82) is 0 Å². The van der Waals surface area contributed by atoms with Crippen molar-refractivity contribution in [3.05, 3.63) is 54.2 Å². The van der Waals surface area contributed by atoms with Gasteiger partial charge in [-0.25, -0.2) is 4.79 Å². The van der Waals surface area contributed by atoms with E-state index in [1.807, 2.05) is 36.4 Å². The number of para-hydroxylation sites is 1. The minimum Gasteiger partial charge on any atom is -0.454 e. The lowest BCUT2D eigenvalue weighted by molar-refractivity contribution is -0.144. The molecule has 3 rings (SSSR count). The lowest BCUT2D eigenvalue weighted by Crippen LogP contribution is -2.12. The van der Waals surface area contributed by atoms with Crippen LogP contribution in [0.4, 0.5) is 0 Å². The van der Waals surface area contributed by atoms with Crippen molar-refractivity contribution >= 4 is 16.9 Å². The van der Waals surface area contributed by atoms with Gasteiger partial charge in [-0.15, -0.1) is 0 Å². The molecule has 0 N–H and O–H groups in total. The zero-order chi connectivity index (χ0) is 11.7. The Kier molecular flexibility index (Phi) is 2.37. The average Bonchev–Trinajstić information content (AvgIpc) is 2.38. The van der Waals surface area contributed by atoms with E-state index in [2.05, 4.69) is 4.98 Å². The van der Waals surface area contributed by atoms with E-state index in [4.69, 9.17) is 4.74 Å².